The molecule has 1 aliphatic rings. The van der Waals surface area contributed by atoms with Crippen LogP contribution in [-0.4, -0.2) is 80.4 Å². The number of fused-ring (bicyclic) bond motifs is 1. The van der Waals surface area contributed by atoms with E-state index in [9.17, 15) is 18.0 Å². The maximum Gasteiger partial charge on any atom is 0.264 e. The Kier molecular flexibility index (Phi) is 7.52. The topological polar surface area (TPSA) is 131 Å². The first kappa shape index (κ1) is 26.9. The van der Waals surface area contributed by atoms with E-state index in [1.807, 2.05) is 0 Å². The highest BCUT2D eigenvalue weighted by molar-refractivity contribution is 7.93. The van der Waals surface area contributed by atoms with Gasteiger partial charge in [-0.05, 0) is 30.3 Å². The number of hydrogen-bond donors (Lipinski definition) is 1. The lowest BCUT2D eigenvalue weighted by atomic mass is 10.1. The van der Waals surface area contributed by atoms with Gasteiger partial charge in [-0.15, -0.1) is 0 Å². The third kappa shape index (κ3) is 5.38. The minimum absolute atomic E-state index is 0.0438. The van der Waals surface area contributed by atoms with Crippen molar-refractivity contribution in [1.29, 1.82) is 0 Å². The van der Waals surface area contributed by atoms with Crippen LogP contribution in [0, 0.1) is 0 Å². The molecule has 5 rings (SSSR count). The highest BCUT2D eigenvalue weighted by atomic mass is 32.2. The summed E-state index contributed by atoms with van der Waals surface area (Å²) >= 11 is 0. The normalized spacial score (nSPS) is 13.7. The van der Waals surface area contributed by atoms with Gasteiger partial charge in [-0.2, -0.15) is 0 Å². The second-order valence-electron chi connectivity index (χ2n) is 9.02. The molecule has 0 radical (unpaired) electrons. The summed E-state index contributed by atoms with van der Waals surface area (Å²) in [5.74, 6) is 0.139. The fourth-order valence-corrected chi connectivity index (χ4v) is 5.78. The van der Waals surface area contributed by atoms with E-state index in [4.69, 9.17) is 9.47 Å². The molecule has 1 saturated heterocycles. The molecule has 0 aliphatic carbocycles. The maximum absolute atomic E-state index is 13.3. The van der Waals surface area contributed by atoms with Gasteiger partial charge in [0.05, 0.1) is 31.0 Å². The van der Waals surface area contributed by atoms with Crippen molar-refractivity contribution >= 4 is 38.4 Å². The van der Waals surface area contributed by atoms with Gasteiger partial charge in [-0.3, -0.25) is 19.3 Å². The van der Waals surface area contributed by atoms with Crippen molar-refractivity contribution in [3.8, 4) is 11.6 Å². The molecule has 0 unspecified atom stereocenters. The highest BCUT2D eigenvalue weighted by Crippen LogP contribution is 2.28. The molecule has 1 aliphatic heterocycles. The van der Waals surface area contributed by atoms with E-state index >= 15 is 0 Å². The van der Waals surface area contributed by atoms with Gasteiger partial charge in [0, 0.05) is 61.7 Å². The SMILES string of the molecule is COc1cc(C(=O)N2CCN(C(=O)c3ccc(NS(=O)(=O)c4cccc5cccnc45)cc3OC)CC2)ccn1. The number of piperazine rings is 1. The molecule has 2 amide bonds. The fourth-order valence-electron chi connectivity index (χ4n) is 4.55. The van der Waals surface area contributed by atoms with E-state index in [1.54, 1.807) is 46.2 Å². The van der Waals surface area contributed by atoms with Gasteiger partial charge in [0.15, 0.2) is 0 Å². The Morgan fingerprint density at radius 1 is 0.825 bits per heavy atom. The minimum Gasteiger partial charge on any atom is -0.496 e. The number of benzene rings is 2. The summed E-state index contributed by atoms with van der Waals surface area (Å²) in [4.78, 5) is 37.9. The van der Waals surface area contributed by atoms with Crippen LogP contribution >= 0.6 is 0 Å². The second kappa shape index (κ2) is 11.2. The van der Waals surface area contributed by atoms with E-state index in [2.05, 4.69) is 14.7 Å². The summed E-state index contributed by atoms with van der Waals surface area (Å²) in [6.07, 6.45) is 3.05. The van der Waals surface area contributed by atoms with E-state index in [1.165, 1.54) is 50.9 Å². The summed E-state index contributed by atoms with van der Waals surface area (Å²) in [5, 5.41) is 0.700. The number of hydrogen-bond acceptors (Lipinski definition) is 8. The van der Waals surface area contributed by atoms with Crippen LogP contribution in [0.1, 0.15) is 20.7 Å². The summed E-state index contributed by atoms with van der Waals surface area (Å²) in [5.41, 5.74) is 1.35. The number of anilines is 1. The Morgan fingerprint density at radius 2 is 1.55 bits per heavy atom. The van der Waals surface area contributed by atoms with Gasteiger partial charge in [0.1, 0.15) is 10.6 Å². The zero-order valence-corrected chi connectivity index (χ0v) is 22.7. The van der Waals surface area contributed by atoms with Gasteiger partial charge >= 0.3 is 0 Å². The van der Waals surface area contributed by atoms with Crippen molar-refractivity contribution in [3.05, 3.63) is 84.2 Å². The number of nitrogens with zero attached hydrogens (tertiary/aromatic N) is 4. The first-order chi connectivity index (χ1) is 19.3. The molecule has 11 nitrogen and oxygen atoms in total. The molecule has 2 aromatic carbocycles. The van der Waals surface area contributed by atoms with E-state index in [0.29, 0.717) is 48.5 Å². The second-order valence-corrected chi connectivity index (χ2v) is 10.7. The van der Waals surface area contributed by atoms with Gasteiger partial charge in [0.25, 0.3) is 21.8 Å². The van der Waals surface area contributed by atoms with Crippen LogP contribution in [0.5, 0.6) is 11.6 Å². The maximum atomic E-state index is 13.3. The van der Waals surface area contributed by atoms with Crippen LogP contribution in [0.25, 0.3) is 10.9 Å². The Morgan fingerprint density at radius 3 is 2.27 bits per heavy atom. The van der Waals surface area contributed by atoms with Crippen LogP contribution < -0.4 is 14.2 Å². The monoisotopic (exact) mass is 561 g/mol. The lowest BCUT2D eigenvalue weighted by molar-refractivity contribution is 0.0533. The first-order valence-electron chi connectivity index (χ1n) is 12.4. The van der Waals surface area contributed by atoms with Crippen molar-refractivity contribution in [2.45, 2.75) is 4.90 Å². The summed E-state index contributed by atoms with van der Waals surface area (Å²) in [7, 11) is -1.07. The van der Waals surface area contributed by atoms with E-state index in [-0.39, 0.29) is 33.7 Å². The molecule has 4 aromatic rings. The number of rotatable bonds is 7. The molecule has 2 aromatic heterocycles. The predicted octanol–water partition coefficient (Wildman–Crippen LogP) is 3.05. The Hall–Kier alpha value is -4.71. The number of methoxy groups -OCH3 is 2. The Balaban J connectivity index is 1.29. The average molecular weight is 562 g/mol. The molecule has 0 saturated carbocycles. The quantitative estimate of drug-likeness (QED) is 0.364. The van der Waals surface area contributed by atoms with Crippen LogP contribution in [0.3, 0.4) is 0 Å². The smallest absolute Gasteiger partial charge is 0.264 e. The number of amides is 2. The Bertz CT molecular complexity index is 1680. The van der Waals surface area contributed by atoms with Gasteiger partial charge in [-0.1, -0.05) is 18.2 Å². The average Bonchev–Trinajstić information content (AvgIpc) is 2.99. The van der Waals surface area contributed by atoms with Crippen LogP contribution in [0.2, 0.25) is 0 Å². The zero-order chi connectivity index (χ0) is 28.3. The van der Waals surface area contributed by atoms with Gasteiger partial charge in [0.2, 0.25) is 5.88 Å². The molecule has 3 heterocycles. The number of carbonyl (C=O) groups is 2. The zero-order valence-electron chi connectivity index (χ0n) is 21.9. The van der Waals surface area contributed by atoms with Crippen molar-refractivity contribution in [1.82, 2.24) is 19.8 Å². The van der Waals surface area contributed by atoms with Crippen LogP contribution in [0.15, 0.2) is 78.0 Å². The molecule has 0 spiro atoms. The van der Waals surface area contributed by atoms with Gasteiger partial charge < -0.3 is 19.3 Å². The van der Waals surface area contributed by atoms with E-state index in [0.717, 1.165) is 0 Å². The molecule has 1 fully saturated rings. The van der Waals surface area contributed by atoms with Gasteiger partial charge in [-0.25, -0.2) is 13.4 Å². The molecule has 0 bridgehead atoms. The predicted molar refractivity (Wildman–Crippen MR) is 148 cm³/mol. The number of para-hydroxylation sites is 1. The van der Waals surface area contributed by atoms with Crippen LogP contribution in [-0.2, 0) is 10.0 Å². The van der Waals surface area contributed by atoms with Crippen molar-refractivity contribution in [2.24, 2.45) is 0 Å². The number of aromatic nitrogens is 2. The number of ether oxygens (including phenoxy) is 2. The number of nitrogens with one attached hydrogen (secondary N) is 1. The molecular weight excluding hydrogens is 534 g/mol. The van der Waals surface area contributed by atoms with Crippen molar-refractivity contribution in [3.63, 3.8) is 0 Å². The Labute approximate surface area is 231 Å². The highest BCUT2D eigenvalue weighted by Gasteiger charge is 2.28. The molecule has 206 valence electrons. The minimum atomic E-state index is -3.97. The third-order valence-electron chi connectivity index (χ3n) is 6.61. The summed E-state index contributed by atoms with van der Waals surface area (Å²) in [6, 6.07) is 16.2. The summed E-state index contributed by atoms with van der Waals surface area (Å²) in [6.45, 7) is 1.37. The largest absolute Gasteiger partial charge is 0.496 e. The molecular formula is C28H27N5O6S. The number of pyridine rings is 2. The molecule has 1 N–H and O–H groups in total. The van der Waals surface area contributed by atoms with Crippen LogP contribution in [0.4, 0.5) is 5.69 Å². The standard InChI is InChI=1S/C28H27N5O6S/c1-38-23-18-21(31-40(36,37)24-7-3-5-19-6-4-11-30-26(19)24)8-9-22(23)28(35)33-15-13-32(14-16-33)27(34)20-10-12-29-25(17-20)39-2/h3-12,17-18,31H,13-16H2,1-2H3. The molecule has 0 atom stereocenters. The van der Waals surface area contributed by atoms with Crippen molar-refractivity contribution < 1.29 is 27.5 Å². The lowest BCUT2D eigenvalue weighted by Crippen LogP contribution is -2.50. The summed E-state index contributed by atoms with van der Waals surface area (Å²) < 4.78 is 39.5. The molecule has 40 heavy (non-hydrogen) atoms. The fraction of sp³-hybridized carbons (Fsp3) is 0.214. The lowest BCUT2D eigenvalue weighted by Gasteiger charge is -2.35. The third-order valence-corrected chi connectivity index (χ3v) is 8.03. The number of carbonyl (C=O) groups excluding carboxylic acids is 2. The first-order valence-corrected chi connectivity index (χ1v) is 13.9. The van der Waals surface area contributed by atoms with E-state index < -0.39 is 10.0 Å². The number of sulfonamides is 1. The van der Waals surface area contributed by atoms with Crippen molar-refractivity contribution in [2.75, 3.05) is 45.1 Å². The molecule has 12 heteroatoms.